The number of aromatic nitrogens is 1. The minimum absolute atomic E-state index is 0.116. The number of aryl methyl sites for hydroxylation is 2. The highest BCUT2D eigenvalue weighted by molar-refractivity contribution is 6.08. The summed E-state index contributed by atoms with van der Waals surface area (Å²) in [6.45, 7) is 4.20. The van der Waals surface area contributed by atoms with E-state index < -0.39 is 0 Å². The molecule has 1 aromatic carbocycles. The molecule has 0 aliphatic heterocycles. The molecule has 24 heavy (non-hydrogen) atoms. The quantitative estimate of drug-likeness (QED) is 0.849. The molecule has 1 amide bonds. The summed E-state index contributed by atoms with van der Waals surface area (Å²) in [6.07, 6.45) is 8.69. The molecule has 0 radical (unpaired) electrons. The standard InChI is InChI=1S/C21H26N2O/c1-11-3-12(2)19-17(10-22-18(19)4-11)21(24)23-20-15-6-13-5-14(8-15)9-16(20)7-13/h3-4,10,13-16,20,22H,5-9H2,1-2H3,(H,23,24). The Morgan fingerprint density at radius 3 is 2.38 bits per heavy atom. The lowest BCUT2D eigenvalue weighted by Crippen LogP contribution is -2.55. The Morgan fingerprint density at radius 2 is 1.71 bits per heavy atom. The van der Waals surface area contributed by atoms with E-state index in [4.69, 9.17) is 0 Å². The van der Waals surface area contributed by atoms with Gasteiger partial charge in [-0.25, -0.2) is 0 Å². The minimum Gasteiger partial charge on any atom is -0.360 e. The number of carbonyl (C=O) groups is 1. The number of H-pyrrole nitrogens is 1. The Labute approximate surface area is 143 Å². The van der Waals surface area contributed by atoms with Gasteiger partial charge in [-0.3, -0.25) is 4.79 Å². The highest BCUT2D eigenvalue weighted by Crippen LogP contribution is 2.53. The first kappa shape index (κ1) is 14.6. The molecule has 4 fully saturated rings. The summed E-state index contributed by atoms with van der Waals surface area (Å²) >= 11 is 0. The van der Waals surface area contributed by atoms with Gasteiger partial charge in [-0.15, -0.1) is 0 Å². The van der Waals surface area contributed by atoms with Crippen LogP contribution in [0.3, 0.4) is 0 Å². The summed E-state index contributed by atoms with van der Waals surface area (Å²) in [6, 6.07) is 4.69. The molecule has 4 bridgehead atoms. The minimum atomic E-state index is 0.116. The average Bonchev–Trinajstić information content (AvgIpc) is 2.94. The second-order valence-corrected chi connectivity index (χ2v) is 8.64. The van der Waals surface area contributed by atoms with Crippen LogP contribution >= 0.6 is 0 Å². The van der Waals surface area contributed by atoms with Crippen molar-refractivity contribution in [3.63, 3.8) is 0 Å². The Kier molecular flexibility index (Phi) is 3.10. The van der Waals surface area contributed by atoms with E-state index in [1.165, 1.54) is 43.2 Å². The van der Waals surface area contributed by atoms with Gasteiger partial charge in [-0.05, 0) is 86.8 Å². The third kappa shape index (κ3) is 2.13. The zero-order chi connectivity index (χ0) is 16.4. The fourth-order valence-electron chi connectivity index (χ4n) is 6.23. The van der Waals surface area contributed by atoms with Gasteiger partial charge < -0.3 is 10.3 Å². The van der Waals surface area contributed by atoms with E-state index in [9.17, 15) is 4.79 Å². The van der Waals surface area contributed by atoms with Gasteiger partial charge in [-0.2, -0.15) is 0 Å². The number of rotatable bonds is 2. The van der Waals surface area contributed by atoms with Gasteiger partial charge in [-0.1, -0.05) is 6.07 Å². The van der Waals surface area contributed by atoms with E-state index in [-0.39, 0.29) is 5.91 Å². The number of benzene rings is 1. The molecule has 6 rings (SSSR count). The Hall–Kier alpha value is -1.77. The summed E-state index contributed by atoms with van der Waals surface area (Å²) in [5.41, 5.74) is 4.30. The maximum atomic E-state index is 13.0. The fourth-order valence-corrected chi connectivity index (χ4v) is 6.23. The molecule has 1 aromatic heterocycles. The van der Waals surface area contributed by atoms with Crippen molar-refractivity contribution in [1.29, 1.82) is 0 Å². The van der Waals surface area contributed by atoms with Crippen LogP contribution in [0.25, 0.3) is 10.9 Å². The summed E-state index contributed by atoms with van der Waals surface area (Å²) < 4.78 is 0. The Morgan fingerprint density at radius 1 is 1.04 bits per heavy atom. The van der Waals surface area contributed by atoms with Crippen molar-refractivity contribution in [2.24, 2.45) is 23.7 Å². The molecule has 126 valence electrons. The van der Waals surface area contributed by atoms with Gasteiger partial charge in [0.05, 0.1) is 5.56 Å². The molecule has 1 heterocycles. The van der Waals surface area contributed by atoms with Crippen LogP contribution in [0.15, 0.2) is 18.3 Å². The summed E-state index contributed by atoms with van der Waals surface area (Å²) in [5.74, 6) is 3.45. The second-order valence-electron chi connectivity index (χ2n) is 8.64. The predicted octanol–water partition coefficient (Wildman–Crippen LogP) is 4.34. The molecule has 0 saturated heterocycles. The van der Waals surface area contributed by atoms with Gasteiger partial charge in [0.15, 0.2) is 0 Å². The van der Waals surface area contributed by atoms with Crippen molar-refractivity contribution in [2.45, 2.75) is 52.0 Å². The molecule has 2 N–H and O–H groups in total. The molecule has 4 saturated carbocycles. The maximum absolute atomic E-state index is 13.0. The van der Waals surface area contributed by atoms with Crippen LogP contribution in [0.2, 0.25) is 0 Å². The molecular formula is C21H26N2O. The van der Waals surface area contributed by atoms with Crippen LogP contribution in [-0.4, -0.2) is 16.9 Å². The van der Waals surface area contributed by atoms with E-state index in [1.807, 2.05) is 6.20 Å². The first-order valence-electron chi connectivity index (χ1n) is 9.47. The van der Waals surface area contributed by atoms with Crippen LogP contribution in [0, 0.1) is 37.5 Å². The maximum Gasteiger partial charge on any atom is 0.253 e. The molecule has 3 heteroatoms. The van der Waals surface area contributed by atoms with Gasteiger partial charge in [0.1, 0.15) is 0 Å². The van der Waals surface area contributed by atoms with Crippen molar-refractivity contribution in [3.05, 3.63) is 35.0 Å². The number of hydrogen-bond donors (Lipinski definition) is 2. The molecular weight excluding hydrogens is 296 g/mol. The van der Waals surface area contributed by atoms with Gasteiger partial charge in [0, 0.05) is 23.1 Å². The molecule has 0 unspecified atom stereocenters. The molecule has 3 nitrogen and oxygen atoms in total. The first-order chi connectivity index (χ1) is 11.6. The first-order valence-corrected chi connectivity index (χ1v) is 9.47. The number of aromatic amines is 1. The highest BCUT2D eigenvalue weighted by Gasteiger charge is 2.48. The molecule has 2 aromatic rings. The zero-order valence-corrected chi connectivity index (χ0v) is 14.6. The highest BCUT2D eigenvalue weighted by atomic mass is 16.1. The van der Waals surface area contributed by atoms with Crippen molar-refractivity contribution < 1.29 is 4.79 Å². The summed E-state index contributed by atoms with van der Waals surface area (Å²) in [7, 11) is 0. The molecule has 4 aliphatic rings. The van der Waals surface area contributed by atoms with Crippen LogP contribution in [0.5, 0.6) is 0 Å². The summed E-state index contributed by atoms with van der Waals surface area (Å²) in [4.78, 5) is 16.3. The van der Waals surface area contributed by atoms with Gasteiger partial charge in [0.2, 0.25) is 0 Å². The van der Waals surface area contributed by atoms with Crippen molar-refractivity contribution in [3.8, 4) is 0 Å². The third-order valence-corrected chi connectivity index (χ3v) is 6.89. The largest absolute Gasteiger partial charge is 0.360 e. The lowest BCUT2D eigenvalue weighted by Gasteiger charge is -2.54. The van der Waals surface area contributed by atoms with Crippen LogP contribution in [0.1, 0.15) is 53.6 Å². The smallest absolute Gasteiger partial charge is 0.253 e. The average molecular weight is 322 g/mol. The van der Waals surface area contributed by atoms with Crippen LogP contribution < -0.4 is 5.32 Å². The summed E-state index contributed by atoms with van der Waals surface area (Å²) in [5, 5.41) is 4.52. The van der Waals surface area contributed by atoms with E-state index in [2.05, 4.69) is 36.3 Å². The lowest BCUT2D eigenvalue weighted by molar-refractivity contribution is -0.0119. The van der Waals surface area contributed by atoms with Gasteiger partial charge in [0.25, 0.3) is 5.91 Å². The van der Waals surface area contributed by atoms with Gasteiger partial charge >= 0.3 is 0 Å². The van der Waals surface area contributed by atoms with Crippen LogP contribution in [-0.2, 0) is 0 Å². The molecule has 0 atom stereocenters. The van der Waals surface area contributed by atoms with Crippen LogP contribution in [0.4, 0.5) is 0 Å². The Balaban J connectivity index is 1.43. The monoisotopic (exact) mass is 322 g/mol. The SMILES string of the molecule is Cc1cc(C)c2c(C(=O)NC3C4CC5CC(C4)CC3C5)c[nH]c2c1. The zero-order valence-electron chi connectivity index (χ0n) is 14.6. The van der Waals surface area contributed by atoms with Crippen molar-refractivity contribution >= 4 is 16.8 Å². The lowest BCUT2D eigenvalue weighted by atomic mass is 9.54. The van der Waals surface area contributed by atoms with E-state index in [0.29, 0.717) is 6.04 Å². The normalized spacial score (nSPS) is 34.0. The molecule has 4 aliphatic carbocycles. The second kappa shape index (κ2) is 5.11. The van der Waals surface area contributed by atoms with E-state index in [0.717, 1.165) is 40.1 Å². The number of amides is 1. The topological polar surface area (TPSA) is 44.9 Å². The van der Waals surface area contributed by atoms with Crippen molar-refractivity contribution in [1.82, 2.24) is 10.3 Å². The Bertz CT molecular complexity index is 791. The third-order valence-electron chi connectivity index (χ3n) is 6.89. The fraction of sp³-hybridized carbons (Fsp3) is 0.571. The number of carbonyl (C=O) groups excluding carboxylic acids is 1. The number of fused-ring (bicyclic) bond motifs is 1. The number of hydrogen-bond acceptors (Lipinski definition) is 1. The van der Waals surface area contributed by atoms with Crippen molar-refractivity contribution in [2.75, 3.05) is 0 Å². The molecule has 0 spiro atoms. The predicted molar refractivity (Wildman–Crippen MR) is 96.1 cm³/mol. The number of nitrogens with one attached hydrogen (secondary N) is 2. The van der Waals surface area contributed by atoms with E-state index >= 15 is 0 Å². The van der Waals surface area contributed by atoms with E-state index in [1.54, 1.807) is 0 Å².